The molecule has 0 saturated heterocycles. The molecule has 0 fully saturated rings. The molecule has 0 spiro atoms. The van der Waals surface area contributed by atoms with Gasteiger partial charge in [-0.15, -0.1) is 0 Å². The van der Waals surface area contributed by atoms with Crippen molar-refractivity contribution in [2.75, 3.05) is 0 Å². The lowest BCUT2D eigenvalue weighted by Gasteiger charge is -2.26. The highest BCUT2D eigenvalue weighted by molar-refractivity contribution is 5.75. The van der Waals surface area contributed by atoms with Crippen LogP contribution in [0.25, 0.3) is 0 Å². The lowest BCUT2D eigenvalue weighted by Crippen LogP contribution is -2.15. The van der Waals surface area contributed by atoms with Crippen LogP contribution in [0.2, 0.25) is 0 Å². The van der Waals surface area contributed by atoms with E-state index in [0.717, 1.165) is 12.3 Å². The van der Waals surface area contributed by atoms with Crippen molar-refractivity contribution < 1.29 is 4.79 Å². The molecule has 1 heteroatoms. The van der Waals surface area contributed by atoms with Crippen LogP contribution in [0.3, 0.4) is 0 Å². The van der Waals surface area contributed by atoms with Gasteiger partial charge in [0.15, 0.2) is 0 Å². The quantitative estimate of drug-likeness (QED) is 0.637. The van der Waals surface area contributed by atoms with Crippen LogP contribution in [0.1, 0.15) is 46.5 Å². The van der Waals surface area contributed by atoms with E-state index in [1.807, 2.05) is 0 Å². The van der Waals surface area contributed by atoms with E-state index in [1.54, 1.807) is 6.92 Å². The van der Waals surface area contributed by atoms with Gasteiger partial charge in [-0.1, -0.05) is 30.7 Å². The molecule has 1 nitrogen and oxygen atoms in total. The van der Waals surface area contributed by atoms with E-state index in [2.05, 4.69) is 32.1 Å². The second-order valence-electron chi connectivity index (χ2n) is 4.57. The topological polar surface area (TPSA) is 17.1 Å². The molecule has 0 aliphatic heterocycles. The minimum Gasteiger partial charge on any atom is -0.300 e. The molecule has 15 heavy (non-hydrogen) atoms. The number of carbonyl (C=O) groups is 1. The Hall–Kier alpha value is -0.850. The molecule has 2 atom stereocenters. The SMILES string of the molecule is C/C=C(/CCC(C)=O)C1C=CCCC1C. The first-order valence-corrected chi connectivity index (χ1v) is 5.96. The summed E-state index contributed by atoms with van der Waals surface area (Å²) in [6.07, 6.45) is 10.9. The van der Waals surface area contributed by atoms with E-state index in [9.17, 15) is 4.79 Å². The fourth-order valence-corrected chi connectivity index (χ4v) is 2.28. The normalized spacial score (nSPS) is 26.7. The molecule has 0 aromatic heterocycles. The van der Waals surface area contributed by atoms with Gasteiger partial charge in [-0.2, -0.15) is 0 Å². The van der Waals surface area contributed by atoms with Crippen molar-refractivity contribution in [3.8, 4) is 0 Å². The van der Waals surface area contributed by atoms with E-state index in [1.165, 1.54) is 18.4 Å². The monoisotopic (exact) mass is 206 g/mol. The zero-order valence-corrected chi connectivity index (χ0v) is 10.1. The molecular weight excluding hydrogens is 184 g/mol. The van der Waals surface area contributed by atoms with Crippen molar-refractivity contribution in [3.63, 3.8) is 0 Å². The minimum atomic E-state index is 0.293. The molecule has 0 N–H and O–H groups in total. The summed E-state index contributed by atoms with van der Waals surface area (Å²) in [5.41, 5.74) is 1.44. The van der Waals surface area contributed by atoms with Crippen LogP contribution >= 0.6 is 0 Å². The fourth-order valence-electron chi connectivity index (χ4n) is 2.28. The van der Waals surface area contributed by atoms with Crippen molar-refractivity contribution in [1.29, 1.82) is 0 Å². The van der Waals surface area contributed by atoms with Gasteiger partial charge in [-0.05, 0) is 39.0 Å². The Morgan fingerprint density at radius 3 is 2.73 bits per heavy atom. The third-order valence-corrected chi connectivity index (χ3v) is 3.31. The molecular formula is C14H22O. The van der Waals surface area contributed by atoms with E-state index in [0.29, 0.717) is 18.1 Å². The lowest BCUT2D eigenvalue weighted by molar-refractivity contribution is -0.117. The lowest BCUT2D eigenvalue weighted by atomic mass is 9.79. The predicted molar refractivity (Wildman–Crippen MR) is 64.7 cm³/mol. The summed E-state index contributed by atoms with van der Waals surface area (Å²) in [6.45, 7) is 6.07. The molecule has 0 aromatic carbocycles. The maximum atomic E-state index is 11.0. The molecule has 84 valence electrons. The second-order valence-corrected chi connectivity index (χ2v) is 4.57. The predicted octanol–water partition coefficient (Wildman–Crippen LogP) is 3.90. The molecule has 1 aliphatic rings. The van der Waals surface area contributed by atoms with Crippen molar-refractivity contribution in [2.45, 2.75) is 46.5 Å². The van der Waals surface area contributed by atoms with Crippen LogP contribution in [0.4, 0.5) is 0 Å². The summed E-state index contributed by atoms with van der Waals surface area (Å²) in [7, 11) is 0. The third kappa shape index (κ3) is 3.65. The van der Waals surface area contributed by atoms with Gasteiger partial charge in [0.1, 0.15) is 5.78 Å². The summed E-state index contributed by atoms with van der Waals surface area (Å²) in [4.78, 5) is 11.0. The van der Waals surface area contributed by atoms with Crippen LogP contribution in [0, 0.1) is 11.8 Å². The highest BCUT2D eigenvalue weighted by Gasteiger charge is 2.20. The molecule has 0 saturated carbocycles. The summed E-state index contributed by atoms with van der Waals surface area (Å²) < 4.78 is 0. The number of allylic oxidation sites excluding steroid dienone is 4. The number of hydrogen-bond donors (Lipinski definition) is 0. The number of ketones is 1. The summed E-state index contributed by atoms with van der Waals surface area (Å²) in [5, 5.41) is 0. The Kier molecular flexibility index (Phi) is 4.80. The fraction of sp³-hybridized carbons (Fsp3) is 0.643. The van der Waals surface area contributed by atoms with Crippen molar-refractivity contribution >= 4 is 5.78 Å². The Balaban J connectivity index is 2.61. The van der Waals surface area contributed by atoms with Crippen LogP contribution in [0.5, 0.6) is 0 Å². The highest BCUT2D eigenvalue weighted by Crippen LogP contribution is 2.32. The molecule has 0 aromatic rings. The van der Waals surface area contributed by atoms with Crippen LogP contribution in [-0.4, -0.2) is 5.78 Å². The number of Topliss-reactive ketones (excluding diaryl/α,β-unsaturated/α-hetero) is 1. The van der Waals surface area contributed by atoms with Gasteiger partial charge >= 0.3 is 0 Å². The maximum absolute atomic E-state index is 11.0. The van der Waals surface area contributed by atoms with E-state index >= 15 is 0 Å². The van der Waals surface area contributed by atoms with Crippen molar-refractivity contribution in [2.24, 2.45) is 11.8 Å². The van der Waals surface area contributed by atoms with Crippen LogP contribution in [0.15, 0.2) is 23.8 Å². The number of hydrogen-bond acceptors (Lipinski definition) is 1. The van der Waals surface area contributed by atoms with Gasteiger partial charge in [-0.3, -0.25) is 0 Å². The first kappa shape index (κ1) is 12.2. The Morgan fingerprint density at radius 2 is 2.20 bits per heavy atom. The molecule has 0 bridgehead atoms. The molecule has 2 unspecified atom stereocenters. The Labute approximate surface area is 93.3 Å². The van der Waals surface area contributed by atoms with E-state index in [4.69, 9.17) is 0 Å². The van der Waals surface area contributed by atoms with Gasteiger partial charge in [0.2, 0.25) is 0 Å². The van der Waals surface area contributed by atoms with Crippen molar-refractivity contribution in [3.05, 3.63) is 23.8 Å². The minimum absolute atomic E-state index is 0.293. The number of carbonyl (C=O) groups excluding carboxylic acids is 1. The maximum Gasteiger partial charge on any atom is 0.130 e. The molecule has 1 rings (SSSR count). The Bertz CT molecular complexity index is 273. The Morgan fingerprint density at radius 1 is 1.47 bits per heavy atom. The van der Waals surface area contributed by atoms with Gasteiger partial charge in [-0.25, -0.2) is 0 Å². The van der Waals surface area contributed by atoms with E-state index < -0.39 is 0 Å². The molecule has 0 heterocycles. The average molecular weight is 206 g/mol. The van der Waals surface area contributed by atoms with Crippen LogP contribution < -0.4 is 0 Å². The molecule has 0 radical (unpaired) electrons. The van der Waals surface area contributed by atoms with E-state index in [-0.39, 0.29) is 0 Å². The molecule has 0 amide bonds. The second kappa shape index (κ2) is 5.89. The summed E-state index contributed by atoms with van der Waals surface area (Å²) in [6, 6.07) is 0. The molecule has 1 aliphatic carbocycles. The first-order chi connectivity index (χ1) is 7.15. The zero-order valence-electron chi connectivity index (χ0n) is 10.1. The van der Waals surface area contributed by atoms with Gasteiger partial charge in [0, 0.05) is 12.3 Å². The van der Waals surface area contributed by atoms with Gasteiger partial charge in [0.25, 0.3) is 0 Å². The summed E-state index contributed by atoms with van der Waals surface area (Å²) in [5.74, 6) is 1.60. The summed E-state index contributed by atoms with van der Waals surface area (Å²) >= 11 is 0. The smallest absolute Gasteiger partial charge is 0.130 e. The average Bonchev–Trinajstić information content (AvgIpc) is 2.21. The van der Waals surface area contributed by atoms with Crippen LogP contribution in [-0.2, 0) is 4.79 Å². The first-order valence-electron chi connectivity index (χ1n) is 5.96. The largest absolute Gasteiger partial charge is 0.300 e. The zero-order chi connectivity index (χ0) is 11.3. The van der Waals surface area contributed by atoms with Gasteiger partial charge in [0.05, 0.1) is 0 Å². The van der Waals surface area contributed by atoms with Gasteiger partial charge < -0.3 is 4.79 Å². The van der Waals surface area contributed by atoms with Crippen molar-refractivity contribution in [1.82, 2.24) is 0 Å². The highest BCUT2D eigenvalue weighted by atomic mass is 16.1. The third-order valence-electron chi connectivity index (χ3n) is 3.31. The number of rotatable bonds is 4. The standard InChI is InChI=1S/C14H22O/c1-4-13(10-9-12(3)15)14-8-6-5-7-11(14)2/h4,6,8,11,14H,5,7,9-10H2,1-3H3/b13-4-.